The van der Waals surface area contributed by atoms with Gasteiger partial charge in [-0.3, -0.25) is 13.9 Å². The molecule has 7 nitrogen and oxygen atoms in total. The van der Waals surface area contributed by atoms with Crippen LogP contribution in [0.3, 0.4) is 0 Å². The van der Waals surface area contributed by atoms with Crippen LogP contribution in [0.4, 0.5) is 5.69 Å². The molecule has 1 aliphatic rings. The van der Waals surface area contributed by atoms with Crippen molar-refractivity contribution in [3.8, 4) is 0 Å². The van der Waals surface area contributed by atoms with Crippen molar-refractivity contribution < 1.29 is 18.0 Å². The van der Waals surface area contributed by atoms with Gasteiger partial charge in [0.1, 0.15) is 12.6 Å². The van der Waals surface area contributed by atoms with Gasteiger partial charge in [0.25, 0.3) is 0 Å². The van der Waals surface area contributed by atoms with Crippen LogP contribution in [0.1, 0.15) is 61.3 Å². The number of carbonyl (C=O) groups is 2. The maximum Gasteiger partial charge on any atom is 0.244 e. The number of anilines is 1. The van der Waals surface area contributed by atoms with E-state index >= 15 is 0 Å². The SMILES string of the molecule is Cc1ccc(CN(C(=O)CN(c2cccc(C)c2C)S(C)(=O)=O)C(C)C(=O)NC2CCCCC2)cc1. The molecule has 3 rings (SSSR count). The summed E-state index contributed by atoms with van der Waals surface area (Å²) in [4.78, 5) is 28.4. The van der Waals surface area contributed by atoms with Crippen LogP contribution < -0.4 is 9.62 Å². The van der Waals surface area contributed by atoms with Crippen LogP contribution in [-0.4, -0.2) is 50.0 Å². The molecule has 0 aromatic heterocycles. The van der Waals surface area contributed by atoms with Crippen LogP contribution >= 0.6 is 0 Å². The number of hydrogen-bond acceptors (Lipinski definition) is 4. The Bertz CT molecular complexity index is 1170. The number of hydrogen-bond donors (Lipinski definition) is 1. The van der Waals surface area contributed by atoms with Crippen molar-refractivity contribution in [2.45, 2.75) is 78.4 Å². The number of rotatable bonds is 9. The number of nitrogens with one attached hydrogen (secondary N) is 1. The fourth-order valence-electron chi connectivity index (χ4n) is 4.64. The van der Waals surface area contributed by atoms with Crippen LogP contribution in [-0.2, 0) is 26.2 Å². The molecule has 0 heterocycles. The Morgan fingerprint density at radius 3 is 2.25 bits per heavy atom. The molecule has 0 aliphatic heterocycles. The molecule has 0 bridgehead atoms. The van der Waals surface area contributed by atoms with E-state index in [2.05, 4.69) is 5.32 Å². The van der Waals surface area contributed by atoms with Gasteiger partial charge >= 0.3 is 0 Å². The molecular formula is C28H39N3O4S. The van der Waals surface area contributed by atoms with Gasteiger partial charge in [-0.1, -0.05) is 61.2 Å². The maximum atomic E-state index is 13.7. The summed E-state index contributed by atoms with van der Waals surface area (Å²) < 4.78 is 26.7. The van der Waals surface area contributed by atoms with E-state index < -0.39 is 22.0 Å². The molecule has 1 fully saturated rings. The quantitative estimate of drug-likeness (QED) is 0.543. The molecule has 8 heteroatoms. The normalized spacial score (nSPS) is 15.2. The van der Waals surface area contributed by atoms with Crippen LogP contribution in [0.5, 0.6) is 0 Å². The van der Waals surface area contributed by atoms with Gasteiger partial charge in [-0.2, -0.15) is 0 Å². The third kappa shape index (κ3) is 7.09. The first-order valence-electron chi connectivity index (χ1n) is 12.7. The topological polar surface area (TPSA) is 86.8 Å². The fraction of sp³-hybridized carbons (Fsp3) is 0.500. The first-order valence-corrected chi connectivity index (χ1v) is 14.5. The summed E-state index contributed by atoms with van der Waals surface area (Å²) in [5.41, 5.74) is 4.18. The first kappa shape index (κ1) is 27.7. The summed E-state index contributed by atoms with van der Waals surface area (Å²) >= 11 is 0. The molecule has 2 amide bonds. The minimum Gasteiger partial charge on any atom is -0.352 e. The minimum absolute atomic E-state index is 0.118. The number of aryl methyl sites for hydroxylation is 2. The zero-order valence-corrected chi connectivity index (χ0v) is 22.9. The average Bonchev–Trinajstić information content (AvgIpc) is 2.83. The van der Waals surface area contributed by atoms with Crippen LogP contribution in [0, 0.1) is 20.8 Å². The van der Waals surface area contributed by atoms with Crippen molar-refractivity contribution in [2.75, 3.05) is 17.1 Å². The molecule has 1 N–H and O–H groups in total. The van der Waals surface area contributed by atoms with Gasteiger partial charge in [-0.25, -0.2) is 8.42 Å². The van der Waals surface area contributed by atoms with Gasteiger partial charge in [0.05, 0.1) is 11.9 Å². The van der Waals surface area contributed by atoms with Crippen LogP contribution in [0.2, 0.25) is 0 Å². The second kappa shape index (κ2) is 11.9. The molecule has 1 atom stereocenters. The second-order valence-corrected chi connectivity index (χ2v) is 11.9. The van der Waals surface area contributed by atoms with E-state index in [0.717, 1.165) is 58.5 Å². The minimum atomic E-state index is -3.75. The summed E-state index contributed by atoms with van der Waals surface area (Å²) in [5.74, 6) is -0.631. The van der Waals surface area contributed by atoms with Crippen LogP contribution in [0.25, 0.3) is 0 Å². The van der Waals surface area contributed by atoms with E-state index in [1.54, 1.807) is 19.1 Å². The van der Waals surface area contributed by atoms with E-state index in [1.807, 2.05) is 51.1 Å². The Labute approximate surface area is 215 Å². The molecule has 196 valence electrons. The molecule has 1 aliphatic carbocycles. The van der Waals surface area contributed by atoms with E-state index in [4.69, 9.17) is 0 Å². The number of carbonyl (C=O) groups excluding carboxylic acids is 2. The van der Waals surface area contributed by atoms with Gasteiger partial charge in [-0.15, -0.1) is 0 Å². The summed E-state index contributed by atoms with van der Waals surface area (Å²) in [7, 11) is -3.75. The lowest BCUT2D eigenvalue weighted by Crippen LogP contribution is -2.53. The Morgan fingerprint density at radius 1 is 1.00 bits per heavy atom. The van der Waals surface area contributed by atoms with E-state index in [1.165, 1.54) is 11.3 Å². The Balaban J connectivity index is 1.89. The van der Waals surface area contributed by atoms with Gasteiger partial charge in [0.2, 0.25) is 21.8 Å². The third-order valence-electron chi connectivity index (χ3n) is 7.12. The second-order valence-electron chi connectivity index (χ2n) is 10.0. The van der Waals surface area contributed by atoms with Gasteiger partial charge < -0.3 is 10.2 Å². The molecule has 1 saturated carbocycles. The van der Waals surface area contributed by atoms with Crippen molar-refractivity contribution in [1.82, 2.24) is 10.2 Å². The highest BCUT2D eigenvalue weighted by Gasteiger charge is 2.31. The first-order chi connectivity index (χ1) is 17.0. The molecule has 0 radical (unpaired) electrons. The third-order valence-corrected chi connectivity index (χ3v) is 8.24. The standard InChI is InChI=1S/C28H39N3O4S/c1-20-14-16-24(17-15-20)18-30(23(4)28(33)29-25-11-7-6-8-12-25)27(32)19-31(36(5,34)35)26-13-9-10-21(2)22(26)3/h9-10,13-17,23,25H,6-8,11-12,18-19H2,1-5H3,(H,29,33). The summed E-state index contributed by atoms with van der Waals surface area (Å²) in [6.45, 7) is 7.28. The number of nitrogens with zero attached hydrogens (tertiary/aromatic N) is 2. The Morgan fingerprint density at radius 2 is 1.64 bits per heavy atom. The highest BCUT2D eigenvalue weighted by Crippen LogP contribution is 2.25. The van der Waals surface area contributed by atoms with Crippen molar-refractivity contribution in [3.05, 3.63) is 64.7 Å². The van der Waals surface area contributed by atoms with Crippen molar-refractivity contribution in [2.24, 2.45) is 0 Å². The van der Waals surface area contributed by atoms with Gasteiger partial charge in [0, 0.05) is 12.6 Å². The van der Waals surface area contributed by atoms with Crippen molar-refractivity contribution >= 4 is 27.5 Å². The summed E-state index contributed by atoms with van der Waals surface area (Å²) in [6.07, 6.45) is 6.35. The zero-order valence-electron chi connectivity index (χ0n) is 22.1. The molecule has 1 unspecified atom stereocenters. The number of benzene rings is 2. The molecular weight excluding hydrogens is 474 g/mol. The molecule has 0 saturated heterocycles. The van der Waals surface area contributed by atoms with E-state index in [0.29, 0.717) is 5.69 Å². The van der Waals surface area contributed by atoms with Gasteiger partial charge in [0.15, 0.2) is 0 Å². The Kier molecular flexibility index (Phi) is 9.17. The van der Waals surface area contributed by atoms with E-state index in [-0.39, 0.29) is 25.0 Å². The predicted octanol–water partition coefficient (Wildman–Crippen LogP) is 4.24. The lowest BCUT2D eigenvalue weighted by Gasteiger charge is -2.33. The number of amides is 2. The lowest BCUT2D eigenvalue weighted by atomic mass is 9.95. The molecule has 2 aromatic carbocycles. The summed E-state index contributed by atoms with van der Waals surface area (Å²) in [5, 5.41) is 3.12. The van der Waals surface area contributed by atoms with Crippen LogP contribution in [0.15, 0.2) is 42.5 Å². The van der Waals surface area contributed by atoms with E-state index in [9.17, 15) is 18.0 Å². The molecule has 2 aromatic rings. The fourth-order valence-corrected chi connectivity index (χ4v) is 5.54. The highest BCUT2D eigenvalue weighted by molar-refractivity contribution is 7.92. The smallest absolute Gasteiger partial charge is 0.244 e. The van der Waals surface area contributed by atoms with Crippen molar-refractivity contribution in [3.63, 3.8) is 0 Å². The molecule has 36 heavy (non-hydrogen) atoms. The highest BCUT2D eigenvalue weighted by atomic mass is 32.2. The average molecular weight is 514 g/mol. The van der Waals surface area contributed by atoms with Crippen molar-refractivity contribution in [1.29, 1.82) is 0 Å². The largest absolute Gasteiger partial charge is 0.352 e. The lowest BCUT2D eigenvalue weighted by molar-refractivity contribution is -0.139. The maximum absolute atomic E-state index is 13.7. The molecule has 0 spiro atoms. The number of sulfonamides is 1. The Hall–Kier alpha value is -2.87. The predicted molar refractivity (Wildman–Crippen MR) is 144 cm³/mol. The zero-order chi connectivity index (χ0) is 26.5. The monoisotopic (exact) mass is 513 g/mol. The summed E-state index contributed by atoms with van der Waals surface area (Å²) in [6, 6.07) is 12.6. The van der Waals surface area contributed by atoms with Gasteiger partial charge in [-0.05, 0) is 63.3 Å².